The monoisotopic (exact) mass is 430 g/mol. The molecule has 0 aliphatic carbocycles. The van der Waals surface area contributed by atoms with Gasteiger partial charge in [-0.2, -0.15) is 0 Å². The summed E-state index contributed by atoms with van der Waals surface area (Å²) in [6.45, 7) is 2.32. The number of aliphatic hydroxyl groups is 1. The number of ether oxygens (including phenoxy) is 2. The first kappa shape index (κ1) is 21.1. The second kappa shape index (κ2) is 8.93. The predicted molar refractivity (Wildman–Crippen MR) is 120 cm³/mol. The molecule has 3 aromatic rings. The molecule has 1 amide bonds. The Morgan fingerprint density at radius 1 is 1.03 bits per heavy atom. The van der Waals surface area contributed by atoms with E-state index >= 15 is 0 Å². The van der Waals surface area contributed by atoms with E-state index in [4.69, 9.17) is 9.47 Å². The Kier molecular flexibility index (Phi) is 5.89. The lowest BCUT2D eigenvalue weighted by Crippen LogP contribution is -2.29. The summed E-state index contributed by atoms with van der Waals surface area (Å²) in [4.78, 5) is 32.0. The lowest BCUT2D eigenvalue weighted by atomic mass is 9.98. The molecular formula is C25H22N2O5. The van der Waals surface area contributed by atoms with Gasteiger partial charge in [-0.1, -0.05) is 12.1 Å². The maximum absolute atomic E-state index is 13.1. The predicted octanol–water partition coefficient (Wildman–Crippen LogP) is 4.12. The van der Waals surface area contributed by atoms with Gasteiger partial charge >= 0.3 is 0 Å². The van der Waals surface area contributed by atoms with Gasteiger partial charge in [0.1, 0.15) is 23.3 Å². The second-order valence-electron chi connectivity index (χ2n) is 7.08. The third kappa shape index (κ3) is 3.80. The Bertz CT molecular complexity index is 1170. The van der Waals surface area contributed by atoms with Crippen LogP contribution in [0.2, 0.25) is 0 Å². The first-order valence-electron chi connectivity index (χ1n) is 10.1. The van der Waals surface area contributed by atoms with Crippen LogP contribution in [0.3, 0.4) is 0 Å². The van der Waals surface area contributed by atoms with Crippen LogP contribution < -0.4 is 14.4 Å². The number of anilines is 1. The molecule has 1 N–H and O–H groups in total. The summed E-state index contributed by atoms with van der Waals surface area (Å²) in [6.07, 6.45) is 1.58. The van der Waals surface area contributed by atoms with E-state index in [0.29, 0.717) is 35.1 Å². The number of methoxy groups -OCH3 is 1. The van der Waals surface area contributed by atoms with Gasteiger partial charge in [-0.25, -0.2) is 0 Å². The van der Waals surface area contributed by atoms with Crippen molar-refractivity contribution in [3.63, 3.8) is 0 Å². The molecule has 2 heterocycles. The van der Waals surface area contributed by atoms with E-state index in [0.717, 1.165) is 0 Å². The van der Waals surface area contributed by atoms with E-state index in [2.05, 4.69) is 4.98 Å². The fourth-order valence-electron chi connectivity index (χ4n) is 3.71. The number of Topliss-reactive ketones (excluding diaryl/α,β-unsaturated/α-hetero) is 1. The highest BCUT2D eigenvalue weighted by Crippen LogP contribution is 2.42. The van der Waals surface area contributed by atoms with Gasteiger partial charge in [0.05, 0.1) is 25.0 Å². The molecule has 7 nitrogen and oxygen atoms in total. The quantitative estimate of drug-likeness (QED) is 0.360. The van der Waals surface area contributed by atoms with E-state index < -0.39 is 17.7 Å². The number of aromatic nitrogens is 1. The topological polar surface area (TPSA) is 89.0 Å². The summed E-state index contributed by atoms with van der Waals surface area (Å²) in [6, 6.07) is 17.9. The molecule has 4 rings (SSSR count). The summed E-state index contributed by atoms with van der Waals surface area (Å²) >= 11 is 0. The highest BCUT2D eigenvalue weighted by molar-refractivity contribution is 6.51. The van der Waals surface area contributed by atoms with Crippen LogP contribution in [0, 0.1) is 0 Å². The minimum absolute atomic E-state index is 0.0271. The summed E-state index contributed by atoms with van der Waals surface area (Å²) in [5.74, 6) is -0.622. The standard InChI is InChI=1S/C25H22N2O5/c1-3-32-19-8-6-7-17(15-19)27-22(20-9-4-5-14-26-20)21(24(29)25(27)30)23(28)16-10-12-18(31-2)13-11-16/h4-15,22,28H,3H2,1-2H3/b23-21+. The summed E-state index contributed by atoms with van der Waals surface area (Å²) in [5, 5.41) is 11.1. The fourth-order valence-corrected chi connectivity index (χ4v) is 3.71. The number of benzene rings is 2. The lowest BCUT2D eigenvalue weighted by molar-refractivity contribution is -0.132. The molecule has 1 aliphatic rings. The summed E-state index contributed by atoms with van der Waals surface area (Å²) < 4.78 is 10.7. The van der Waals surface area contributed by atoms with Crippen molar-refractivity contribution < 1.29 is 24.2 Å². The summed E-state index contributed by atoms with van der Waals surface area (Å²) in [7, 11) is 1.54. The van der Waals surface area contributed by atoms with E-state index in [1.807, 2.05) is 6.92 Å². The maximum atomic E-state index is 13.1. The minimum Gasteiger partial charge on any atom is -0.507 e. The third-order valence-corrected chi connectivity index (χ3v) is 5.18. The first-order chi connectivity index (χ1) is 15.5. The lowest BCUT2D eigenvalue weighted by Gasteiger charge is -2.25. The molecule has 1 aromatic heterocycles. The number of carbonyl (C=O) groups excluding carboxylic acids is 2. The van der Waals surface area contributed by atoms with E-state index in [1.165, 1.54) is 12.0 Å². The van der Waals surface area contributed by atoms with Gasteiger partial charge < -0.3 is 14.6 Å². The first-order valence-corrected chi connectivity index (χ1v) is 10.1. The molecule has 0 radical (unpaired) electrons. The Hall–Kier alpha value is -4.13. The largest absolute Gasteiger partial charge is 0.507 e. The highest BCUT2D eigenvalue weighted by Gasteiger charge is 2.47. The van der Waals surface area contributed by atoms with Crippen molar-refractivity contribution in [1.29, 1.82) is 0 Å². The Morgan fingerprint density at radius 3 is 2.47 bits per heavy atom. The Labute approximate surface area is 185 Å². The van der Waals surface area contributed by atoms with E-state index in [1.54, 1.807) is 72.9 Å². The highest BCUT2D eigenvalue weighted by atomic mass is 16.5. The van der Waals surface area contributed by atoms with E-state index in [9.17, 15) is 14.7 Å². The van der Waals surface area contributed by atoms with Crippen LogP contribution in [0.1, 0.15) is 24.2 Å². The van der Waals surface area contributed by atoms with Gasteiger partial charge in [0.15, 0.2) is 0 Å². The van der Waals surface area contributed by atoms with Gasteiger partial charge in [0, 0.05) is 23.5 Å². The Morgan fingerprint density at radius 2 is 1.81 bits per heavy atom. The average Bonchev–Trinajstić information content (AvgIpc) is 3.10. The smallest absolute Gasteiger partial charge is 0.300 e. The molecule has 162 valence electrons. The Balaban J connectivity index is 1.89. The molecule has 1 saturated heterocycles. The molecule has 0 bridgehead atoms. The average molecular weight is 430 g/mol. The number of ketones is 1. The van der Waals surface area contributed by atoms with Crippen molar-refractivity contribution in [2.45, 2.75) is 13.0 Å². The molecule has 0 spiro atoms. The van der Waals surface area contributed by atoms with Crippen molar-refractivity contribution in [2.24, 2.45) is 0 Å². The van der Waals surface area contributed by atoms with Crippen LogP contribution in [0.5, 0.6) is 11.5 Å². The molecule has 0 saturated carbocycles. The van der Waals surface area contributed by atoms with Gasteiger partial charge in [0.25, 0.3) is 11.7 Å². The number of hydrogen-bond donors (Lipinski definition) is 1. The molecule has 1 aliphatic heterocycles. The van der Waals surface area contributed by atoms with Crippen LogP contribution in [-0.4, -0.2) is 35.5 Å². The number of rotatable bonds is 6. The SMILES string of the molecule is CCOc1cccc(N2C(=O)C(=O)/C(=C(/O)c3ccc(OC)cc3)C2c2ccccn2)c1. The second-order valence-corrected chi connectivity index (χ2v) is 7.08. The van der Waals surface area contributed by atoms with Gasteiger partial charge in [-0.15, -0.1) is 0 Å². The normalized spacial score (nSPS) is 17.4. The minimum atomic E-state index is -0.893. The molecule has 1 atom stereocenters. The van der Waals surface area contributed by atoms with Gasteiger partial charge in [0.2, 0.25) is 0 Å². The maximum Gasteiger partial charge on any atom is 0.300 e. The number of hydrogen-bond acceptors (Lipinski definition) is 6. The van der Waals surface area contributed by atoms with Crippen LogP contribution >= 0.6 is 0 Å². The zero-order valence-corrected chi connectivity index (χ0v) is 17.7. The van der Waals surface area contributed by atoms with Crippen LogP contribution in [0.4, 0.5) is 5.69 Å². The molecule has 1 fully saturated rings. The van der Waals surface area contributed by atoms with Crippen LogP contribution in [0.25, 0.3) is 5.76 Å². The van der Waals surface area contributed by atoms with Gasteiger partial charge in [-0.05, 0) is 55.5 Å². The molecule has 7 heteroatoms. The van der Waals surface area contributed by atoms with Crippen molar-refractivity contribution in [1.82, 2.24) is 4.98 Å². The zero-order valence-electron chi connectivity index (χ0n) is 17.7. The molecule has 1 unspecified atom stereocenters. The van der Waals surface area contributed by atoms with Crippen LogP contribution in [-0.2, 0) is 9.59 Å². The third-order valence-electron chi connectivity index (χ3n) is 5.18. The molecule has 32 heavy (non-hydrogen) atoms. The van der Waals surface area contributed by atoms with Gasteiger partial charge in [-0.3, -0.25) is 19.5 Å². The van der Waals surface area contributed by atoms with Crippen molar-refractivity contribution in [3.8, 4) is 11.5 Å². The van der Waals surface area contributed by atoms with Crippen molar-refractivity contribution in [3.05, 3.63) is 89.8 Å². The molecule has 2 aromatic carbocycles. The molecular weight excluding hydrogens is 408 g/mol. The van der Waals surface area contributed by atoms with E-state index in [-0.39, 0.29) is 11.3 Å². The van der Waals surface area contributed by atoms with Crippen molar-refractivity contribution in [2.75, 3.05) is 18.6 Å². The summed E-state index contributed by atoms with van der Waals surface area (Å²) in [5.41, 5.74) is 1.31. The number of nitrogens with zero attached hydrogens (tertiary/aromatic N) is 2. The number of amides is 1. The number of carbonyl (C=O) groups is 2. The number of aliphatic hydroxyl groups excluding tert-OH is 1. The number of pyridine rings is 1. The van der Waals surface area contributed by atoms with Crippen molar-refractivity contribution >= 4 is 23.1 Å². The fraction of sp³-hybridized carbons (Fsp3) is 0.160. The zero-order chi connectivity index (χ0) is 22.7. The van der Waals surface area contributed by atoms with Crippen LogP contribution in [0.15, 0.2) is 78.5 Å².